The van der Waals surface area contributed by atoms with Crippen LogP contribution in [0.15, 0.2) is 78.9 Å². The van der Waals surface area contributed by atoms with Crippen LogP contribution < -0.4 is 25.4 Å². The van der Waals surface area contributed by atoms with Gasteiger partial charge in [0.1, 0.15) is 24.7 Å². The minimum atomic E-state index is -0.237. The molecule has 3 N–H and O–H groups in total. The summed E-state index contributed by atoms with van der Waals surface area (Å²) in [6.07, 6.45) is 0. The molecule has 0 aliphatic carbocycles. The number of ether oxygens (including phenoxy) is 3. The molecule has 0 heterocycles. The minimum absolute atomic E-state index is 0.0604. The number of nitrogens with one attached hydrogen (secondary N) is 3. The molecule has 0 bridgehead atoms. The fraction of sp³-hybridized carbons (Fsp3) is 0.231. The second-order valence-corrected chi connectivity index (χ2v) is 7.27. The Morgan fingerprint density at radius 3 is 2.26 bits per heavy atom. The summed E-state index contributed by atoms with van der Waals surface area (Å²) in [5, 5.41) is 8.62. The summed E-state index contributed by atoms with van der Waals surface area (Å²) in [6.45, 7) is 1.73. The third kappa shape index (κ3) is 8.48. The van der Waals surface area contributed by atoms with Crippen LogP contribution in [0.1, 0.15) is 10.4 Å². The third-order valence-electron chi connectivity index (χ3n) is 4.65. The quantitative estimate of drug-likeness (QED) is 0.335. The third-order valence-corrected chi connectivity index (χ3v) is 4.65. The molecule has 0 aliphatic rings. The predicted molar refractivity (Wildman–Crippen MR) is 132 cm³/mol. The number of carbonyl (C=O) groups excluding carboxylic acids is 2. The highest BCUT2D eigenvalue weighted by Crippen LogP contribution is 2.18. The number of hydrogen-bond acceptors (Lipinski definition) is 6. The fourth-order valence-electron chi connectivity index (χ4n) is 3.03. The molecule has 0 aromatic heterocycles. The van der Waals surface area contributed by atoms with Crippen LogP contribution in [0.2, 0.25) is 0 Å². The first kappa shape index (κ1) is 24.6. The molecule has 0 atom stereocenters. The van der Waals surface area contributed by atoms with Crippen LogP contribution in [-0.4, -0.2) is 51.8 Å². The standard InChI is InChI=1S/C26H29N3O5/c1-32-14-13-27-26(31)20-7-5-9-22(17-20)29-25(30)19-28-21-8-6-12-24(18-21)34-16-15-33-23-10-3-2-4-11-23/h2-12,17-18,28H,13-16,19H2,1H3,(H,27,31)(H,29,30). The van der Waals surface area contributed by atoms with Crippen LogP contribution in [-0.2, 0) is 9.53 Å². The molecule has 3 aromatic carbocycles. The highest BCUT2D eigenvalue weighted by Gasteiger charge is 2.08. The van der Waals surface area contributed by atoms with Crippen molar-refractivity contribution in [3.63, 3.8) is 0 Å². The number of amides is 2. The average Bonchev–Trinajstić information content (AvgIpc) is 2.86. The van der Waals surface area contributed by atoms with Gasteiger partial charge < -0.3 is 30.2 Å². The zero-order chi connectivity index (χ0) is 24.0. The van der Waals surface area contributed by atoms with E-state index in [0.717, 1.165) is 11.4 Å². The van der Waals surface area contributed by atoms with Crippen molar-refractivity contribution in [2.24, 2.45) is 0 Å². The molecule has 0 spiro atoms. The van der Waals surface area contributed by atoms with E-state index in [-0.39, 0.29) is 18.4 Å². The first-order valence-corrected chi connectivity index (χ1v) is 11.0. The maximum Gasteiger partial charge on any atom is 0.251 e. The summed E-state index contributed by atoms with van der Waals surface area (Å²) < 4.78 is 16.3. The van der Waals surface area contributed by atoms with Gasteiger partial charge in [0.05, 0.1) is 13.2 Å². The molecule has 0 saturated heterocycles. The van der Waals surface area contributed by atoms with Gasteiger partial charge in [-0.05, 0) is 42.5 Å². The molecule has 3 aromatic rings. The SMILES string of the molecule is COCCNC(=O)c1cccc(NC(=O)CNc2cccc(OCCOc3ccccc3)c2)c1. The van der Waals surface area contributed by atoms with Gasteiger partial charge in [-0.3, -0.25) is 9.59 Å². The van der Waals surface area contributed by atoms with Crippen LogP contribution in [0, 0.1) is 0 Å². The highest BCUT2D eigenvalue weighted by molar-refractivity contribution is 5.98. The van der Waals surface area contributed by atoms with Gasteiger partial charge >= 0.3 is 0 Å². The minimum Gasteiger partial charge on any atom is -0.490 e. The second kappa shape index (κ2) is 13.5. The zero-order valence-corrected chi connectivity index (χ0v) is 19.1. The van der Waals surface area contributed by atoms with Gasteiger partial charge in [0.15, 0.2) is 0 Å². The molecule has 0 radical (unpaired) electrons. The van der Waals surface area contributed by atoms with Gasteiger partial charge in [0.25, 0.3) is 5.91 Å². The molecule has 8 heteroatoms. The maximum absolute atomic E-state index is 12.4. The van der Waals surface area contributed by atoms with E-state index in [2.05, 4.69) is 16.0 Å². The summed E-state index contributed by atoms with van der Waals surface area (Å²) in [7, 11) is 1.57. The number of anilines is 2. The number of benzene rings is 3. The van der Waals surface area contributed by atoms with Gasteiger partial charge in [-0.25, -0.2) is 0 Å². The molecular formula is C26H29N3O5. The van der Waals surface area contributed by atoms with Crippen molar-refractivity contribution in [1.82, 2.24) is 5.32 Å². The molecule has 0 fully saturated rings. The van der Waals surface area contributed by atoms with E-state index in [9.17, 15) is 9.59 Å². The first-order valence-electron chi connectivity index (χ1n) is 11.0. The number of methoxy groups -OCH3 is 1. The van der Waals surface area contributed by atoms with E-state index in [4.69, 9.17) is 14.2 Å². The van der Waals surface area contributed by atoms with Crippen LogP contribution in [0.5, 0.6) is 11.5 Å². The Kier molecular flexibility index (Phi) is 9.76. The van der Waals surface area contributed by atoms with Crippen molar-refractivity contribution >= 4 is 23.2 Å². The number of para-hydroxylation sites is 1. The number of hydrogen-bond donors (Lipinski definition) is 3. The van der Waals surface area contributed by atoms with E-state index in [0.29, 0.717) is 43.4 Å². The summed E-state index contributed by atoms with van der Waals surface area (Å²) >= 11 is 0. The lowest BCUT2D eigenvalue weighted by Crippen LogP contribution is -2.27. The molecule has 0 saturated carbocycles. The monoisotopic (exact) mass is 463 g/mol. The molecule has 0 aliphatic heterocycles. The Labute approximate surface area is 199 Å². The Hall–Kier alpha value is -4.04. The van der Waals surface area contributed by atoms with Gasteiger partial charge in [-0.1, -0.05) is 30.3 Å². The van der Waals surface area contributed by atoms with E-state index >= 15 is 0 Å². The van der Waals surface area contributed by atoms with Gasteiger partial charge in [0, 0.05) is 36.7 Å². The molecule has 0 unspecified atom stereocenters. The molecule has 34 heavy (non-hydrogen) atoms. The Bertz CT molecular complexity index is 1060. The van der Waals surface area contributed by atoms with Crippen LogP contribution >= 0.6 is 0 Å². The van der Waals surface area contributed by atoms with Crippen molar-refractivity contribution in [3.05, 3.63) is 84.4 Å². The fourth-order valence-corrected chi connectivity index (χ4v) is 3.03. The molecule has 3 rings (SSSR count). The lowest BCUT2D eigenvalue weighted by Gasteiger charge is -2.11. The van der Waals surface area contributed by atoms with Crippen LogP contribution in [0.25, 0.3) is 0 Å². The van der Waals surface area contributed by atoms with Crippen molar-refractivity contribution in [1.29, 1.82) is 0 Å². The molecule has 2 amide bonds. The largest absolute Gasteiger partial charge is 0.490 e. The Morgan fingerprint density at radius 2 is 1.47 bits per heavy atom. The molecule has 8 nitrogen and oxygen atoms in total. The number of carbonyl (C=O) groups is 2. The van der Waals surface area contributed by atoms with E-state index in [1.165, 1.54) is 0 Å². The normalized spacial score (nSPS) is 10.3. The summed E-state index contributed by atoms with van der Waals surface area (Å²) in [4.78, 5) is 24.5. The van der Waals surface area contributed by atoms with Crippen molar-refractivity contribution in [2.75, 3.05) is 50.7 Å². The number of rotatable bonds is 13. The summed E-state index contributed by atoms with van der Waals surface area (Å²) in [5.74, 6) is 1.01. The Morgan fingerprint density at radius 1 is 0.765 bits per heavy atom. The zero-order valence-electron chi connectivity index (χ0n) is 19.1. The van der Waals surface area contributed by atoms with Gasteiger partial charge in [-0.2, -0.15) is 0 Å². The van der Waals surface area contributed by atoms with Crippen molar-refractivity contribution < 1.29 is 23.8 Å². The maximum atomic E-state index is 12.4. The highest BCUT2D eigenvalue weighted by atomic mass is 16.5. The van der Waals surface area contributed by atoms with E-state index < -0.39 is 0 Å². The van der Waals surface area contributed by atoms with E-state index in [1.807, 2.05) is 54.6 Å². The average molecular weight is 464 g/mol. The lowest BCUT2D eigenvalue weighted by molar-refractivity contribution is -0.114. The molecule has 178 valence electrons. The smallest absolute Gasteiger partial charge is 0.251 e. The summed E-state index contributed by atoms with van der Waals surface area (Å²) in [6, 6.07) is 23.7. The topological polar surface area (TPSA) is 97.9 Å². The lowest BCUT2D eigenvalue weighted by atomic mass is 10.2. The van der Waals surface area contributed by atoms with Crippen molar-refractivity contribution in [3.8, 4) is 11.5 Å². The van der Waals surface area contributed by atoms with Gasteiger partial charge in [-0.15, -0.1) is 0 Å². The van der Waals surface area contributed by atoms with Gasteiger partial charge in [0.2, 0.25) is 5.91 Å². The Balaban J connectivity index is 1.42. The van der Waals surface area contributed by atoms with Crippen molar-refractivity contribution in [2.45, 2.75) is 0 Å². The second-order valence-electron chi connectivity index (χ2n) is 7.27. The van der Waals surface area contributed by atoms with Crippen LogP contribution in [0.4, 0.5) is 11.4 Å². The molecular weight excluding hydrogens is 434 g/mol. The predicted octanol–water partition coefficient (Wildman–Crippen LogP) is 3.57. The first-order chi connectivity index (χ1) is 16.6. The van der Waals surface area contributed by atoms with E-state index in [1.54, 1.807) is 31.4 Å². The van der Waals surface area contributed by atoms with Crippen LogP contribution in [0.3, 0.4) is 0 Å². The summed E-state index contributed by atoms with van der Waals surface area (Å²) in [5.41, 5.74) is 1.76.